The number of thiazole rings is 1. The number of rotatable bonds is 2. The Morgan fingerprint density at radius 1 is 1.42 bits per heavy atom. The lowest BCUT2D eigenvalue weighted by Crippen LogP contribution is -2.49. The summed E-state index contributed by atoms with van der Waals surface area (Å²) in [6.07, 6.45) is 1.54. The van der Waals surface area contributed by atoms with Crippen molar-refractivity contribution < 1.29 is 8.42 Å². The smallest absolute Gasteiger partial charge is 0.152 e. The summed E-state index contributed by atoms with van der Waals surface area (Å²) in [7, 11) is -1.14. The quantitative estimate of drug-likeness (QED) is 0.908. The van der Waals surface area contributed by atoms with Crippen LogP contribution in [0.4, 0.5) is 0 Å². The van der Waals surface area contributed by atoms with E-state index >= 15 is 0 Å². The fourth-order valence-electron chi connectivity index (χ4n) is 2.42. The number of hydrogen-bond acceptors (Lipinski definition) is 5. The van der Waals surface area contributed by atoms with E-state index < -0.39 is 15.4 Å². The number of nitrogens with zero attached hydrogens (tertiary/aromatic N) is 1. The zero-order valence-corrected chi connectivity index (χ0v) is 13.6. The topological polar surface area (TPSA) is 59.1 Å². The van der Waals surface area contributed by atoms with Crippen molar-refractivity contribution in [1.29, 1.82) is 0 Å². The molecule has 6 heteroatoms. The number of nitrogens with one attached hydrogen (secondary N) is 1. The molecule has 1 aromatic rings. The van der Waals surface area contributed by atoms with Gasteiger partial charge >= 0.3 is 0 Å². The van der Waals surface area contributed by atoms with Gasteiger partial charge in [0.25, 0.3) is 0 Å². The highest BCUT2D eigenvalue weighted by molar-refractivity contribution is 7.91. The molecule has 1 fully saturated rings. The number of sulfone groups is 1. The van der Waals surface area contributed by atoms with Gasteiger partial charge in [0.2, 0.25) is 0 Å². The van der Waals surface area contributed by atoms with Crippen LogP contribution in [0.1, 0.15) is 44.3 Å². The van der Waals surface area contributed by atoms with Crippen LogP contribution in [-0.2, 0) is 20.8 Å². The third kappa shape index (κ3) is 3.01. The van der Waals surface area contributed by atoms with Crippen molar-refractivity contribution in [3.8, 4) is 0 Å². The van der Waals surface area contributed by atoms with Crippen LogP contribution in [0.25, 0.3) is 0 Å². The van der Waals surface area contributed by atoms with Gasteiger partial charge in [-0.15, -0.1) is 11.3 Å². The lowest BCUT2D eigenvalue weighted by Gasteiger charge is -2.34. The van der Waals surface area contributed by atoms with E-state index in [1.807, 2.05) is 7.05 Å². The summed E-state index contributed by atoms with van der Waals surface area (Å²) >= 11 is 1.57. The molecule has 0 saturated carbocycles. The summed E-state index contributed by atoms with van der Waals surface area (Å²) in [6.45, 7) is 6.36. The van der Waals surface area contributed by atoms with Crippen LogP contribution in [0.3, 0.4) is 0 Å². The molecule has 4 nitrogen and oxygen atoms in total. The minimum absolute atomic E-state index is 0.00275. The molecule has 1 aromatic heterocycles. The van der Waals surface area contributed by atoms with E-state index in [-0.39, 0.29) is 11.2 Å². The lowest BCUT2D eigenvalue weighted by atomic mass is 9.92. The van der Waals surface area contributed by atoms with E-state index in [9.17, 15) is 8.42 Å². The average molecular weight is 302 g/mol. The number of hydrogen-bond donors (Lipinski definition) is 1. The van der Waals surface area contributed by atoms with Crippen molar-refractivity contribution in [2.45, 2.75) is 44.6 Å². The Labute approximate surface area is 119 Å². The van der Waals surface area contributed by atoms with Crippen molar-refractivity contribution in [3.63, 3.8) is 0 Å². The van der Waals surface area contributed by atoms with Gasteiger partial charge in [-0.25, -0.2) is 13.4 Å². The van der Waals surface area contributed by atoms with Crippen LogP contribution in [0.5, 0.6) is 0 Å². The monoisotopic (exact) mass is 302 g/mol. The van der Waals surface area contributed by atoms with Gasteiger partial charge in [-0.05, 0) is 19.9 Å². The van der Waals surface area contributed by atoms with Gasteiger partial charge in [-0.1, -0.05) is 20.8 Å². The first-order chi connectivity index (χ1) is 8.69. The molecule has 1 unspecified atom stereocenters. The molecular formula is C13H22N2O2S2. The fourth-order valence-corrected chi connectivity index (χ4v) is 5.70. The first-order valence-electron chi connectivity index (χ1n) is 6.54. The first-order valence-corrected chi connectivity index (χ1v) is 9.24. The lowest BCUT2D eigenvalue weighted by molar-refractivity contribution is 0.350. The molecule has 19 heavy (non-hydrogen) atoms. The molecule has 1 saturated heterocycles. The van der Waals surface area contributed by atoms with Crippen molar-refractivity contribution in [3.05, 3.63) is 16.1 Å². The predicted molar refractivity (Wildman–Crippen MR) is 79.4 cm³/mol. The van der Waals surface area contributed by atoms with E-state index in [1.165, 1.54) is 0 Å². The Morgan fingerprint density at radius 3 is 2.58 bits per heavy atom. The van der Waals surface area contributed by atoms with Crippen LogP contribution in [0.15, 0.2) is 5.38 Å². The summed E-state index contributed by atoms with van der Waals surface area (Å²) < 4.78 is 23.9. The van der Waals surface area contributed by atoms with Gasteiger partial charge in [0.1, 0.15) is 5.01 Å². The molecule has 0 aromatic carbocycles. The zero-order valence-electron chi connectivity index (χ0n) is 12.0. The predicted octanol–water partition coefficient (Wildman–Crippen LogP) is 2.06. The summed E-state index contributed by atoms with van der Waals surface area (Å²) in [4.78, 5) is 4.71. The van der Waals surface area contributed by atoms with Crippen LogP contribution in [0, 0.1) is 0 Å². The first kappa shape index (κ1) is 14.9. The molecule has 0 spiro atoms. The van der Waals surface area contributed by atoms with Crippen LogP contribution in [-0.4, -0.2) is 32.0 Å². The summed E-state index contributed by atoms with van der Waals surface area (Å²) in [5.41, 5.74) is 0.535. The summed E-state index contributed by atoms with van der Waals surface area (Å²) in [6, 6.07) is 0. The average Bonchev–Trinajstić information content (AvgIpc) is 2.76. The molecule has 2 heterocycles. The van der Waals surface area contributed by atoms with Gasteiger partial charge < -0.3 is 5.32 Å². The minimum Gasteiger partial charge on any atom is -0.308 e. The Balaban J connectivity index is 2.39. The highest BCUT2D eigenvalue weighted by Crippen LogP contribution is 2.36. The standard InChI is InChI=1S/C13H22N2O2S2/c1-12(2,3)10-8-18-11(15-10)13(14-4)6-5-7-19(16,17)9-13/h8,14H,5-7,9H2,1-4H3. The molecule has 2 rings (SSSR count). The maximum absolute atomic E-state index is 11.9. The molecule has 1 atom stereocenters. The minimum atomic E-state index is -2.97. The highest BCUT2D eigenvalue weighted by Gasteiger charge is 2.41. The zero-order chi connectivity index (χ0) is 14.3. The number of aromatic nitrogens is 1. The molecule has 0 amide bonds. The van der Waals surface area contributed by atoms with Crippen molar-refractivity contribution in [1.82, 2.24) is 10.3 Å². The van der Waals surface area contributed by atoms with Gasteiger partial charge in [-0.2, -0.15) is 0 Å². The second kappa shape index (κ2) is 4.82. The van der Waals surface area contributed by atoms with Gasteiger partial charge in [0.15, 0.2) is 9.84 Å². The van der Waals surface area contributed by atoms with Crippen molar-refractivity contribution >= 4 is 21.2 Å². The Bertz CT molecular complexity index is 557. The van der Waals surface area contributed by atoms with Gasteiger partial charge in [0.05, 0.1) is 22.7 Å². The summed E-state index contributed by atoms with van der Waals surface area (Å²) in [5, 5.41) is 6.18. The van der Waals surface area contributed by atoms with E-state index in [0.29, 0.717) is 12.2 Å². The van der Waals surface area contributed by atoms with E-state index in [1.54, 1.807) is 11.3 Å². The van der Waals surface area contributed by atoms with E-state index in [2.05, 4.69) is 31.5 Å². The van der Waals surface area contributed by atoms with Crippen molar-refractivity contribution in [2.75, 3.05) is 18.6 Å². The molecule has 0 radical (unpaired) electrons. The maximum Gasteiger partial charge on any atom is 0.152 e. The molecule has 1 aliphatic rings. The van der Waals surface area contributed by atoms with Gasteiger partial charge in [0, 0.05) is 10.8 Å². The maximum atomic E-state index is 11.9. The largest absolute Gasteiger partial charge is 0.308 e. The fraction of sp³-hybridized carbons (Fsp3) is 0.769. The highest BCUT2D eigenvalue weighted by atomic mass is 32.2. The Hall–Kier alpha value is -0.460. The summed E-state index contributed by atoms with van der Waals surface area (Å²) in [5.74, 6) is 0.460. The van der Waals surface area contributed by atoms with E-state index in [4.69, 9.17) is 4.98 Å². The van der Waals surface area contributed by atoms with Crippen LogP contribution >= 0.6 is 11.3 Å². The Kier molecular flexibility index (Phi) is 3.79. The van der Waals surface area contributed by atoms with E-state index in [0.717, 1.165) is 17.1 Å². The molecule has 1 aliphatic heterocycles. The molecule has 1 N–H and O–H groups in total. The Morgan fingerprint density at radius 2 is 2.11 bits per heavy atom. The van der Waals surface area contributed by atoms with Crippen molar-refractivity contribution in [2.24, 2.45) is 0 Å². The molecule has 108 valence electrons. The molecule has 0 bridgehead atoms. The second-order valence-electron chi connectivity index (χ2n) is 6.32. The van der Waals surface area contributed by atoms with Crippen LogP contribution < -0.4 is 5.32 Å². The SMILES string of the molecule is CNC1(c2nc(C(C)(C)C)cs2)CCCS(=O)(=O)C1. The normalized spacial score (nSPS) is 27.4. The third-order valence-electron chi connectivity index (χ3n) is 3.69. The van der Waals surface area contributed by atoms with Gasteiger partial charge in [-0.3, -0.25) is 0 Å². The third-order valence-corrected chi connectivity index (χ3v) is 6.58. The molecular weight excluding hydrogens is 280 g/mol. The molecule has 0 aliphatic carbocycles. The van der Waals surface area contributed by atoms with Crippen LogP contribution in [0.2, 0.25) is 0 Å². The second-order valence-corrected chi connectivity index (χ2v) is 9.36.